The van der Waals surface area contributed by atoms with Crippen LogP contribution in [-0.2, 0) is 11.3 Å². The van der Waals surface area contributed by atoms with Crippen molar-refractivity contribution in [2.75, 3.05) is 13.1 Å². The highest BCUT2D eigenvalue weighted by atomic mass is 19.1. The van der Waals surface area contributed by atoms with Crippen LogP contribution >= 0.6 is 0 Å². The number of piperidine rings is 1. The minimum Gasteiger partial charge on any atom is -0.341 e. The lowest BCUT2D eigenvalue weighted by Gasteiger charge is -2.26. The van der Waals surface area contributed by atoms with Gasteiger partial charge in [-0.05, 0) is 37.5 Å². The zero-order chi connectivity index (χ0) is 16.2. The standard InChI is InChI=1S/C17H18FN3O2/c18-14-7-3-2-6-13(14)15-8-9-16(22)21(19-15)12-17(23)20-10-4-1-5-11-20/h2-3,6-9H,1,4-5,10-12H2. The molecule has 3 rings (SSSR count). The van der Waals surface area contributed by atoms with Crippen molar-refractivity contribution in [2.24, 2.45) is 0 Å². The van der Waals surface area contributed by atoms with Crippen LogP contribution in [0.15, 0.2) is 41.2 Å². The molecule has 0 atom stereocenters. The van der Waals surface area contributed by atoms with Gasteiger partial charge < -0.3 is 4.90 Å². The van der Waals surface area contributed by atoms with Crippen LogP contribution in [0.3, 0.4) is 0 Å². The van der Waals surface area contributed by atoms with Gasteiger partial charge in [0.15, 0.2) is 0 Å². The lowest BCUT2D eigenvalue weighted by atomic mass is 10.1. The van der Waals surface area contributed by atoms with Gasteiger partial charge >= 0.3 is 0 Å². The van der Waals surface area contributed by atoms with Gasteiger partial charge in [-0.3, -0.25) is 9.59 Å². The maximum absolute atomic E-state index is 13.9. The van der Waals surface area contributed by atoms with Crippen LogP contribution < -0.4 is 5.56 Å². The first-order valence-corrected chi connectivity index (χ1v) is 7.76. The van der Waals surface area contributed by atoms with Gasteiger partial charge in [-0.25, -0.2) is 9.07 Å². The molecule has 5 nitrogen and oxygen atoms in total. The summed E-state index contributed by atoms with van der Waals surface area (Å²) in [7, 11) is 0. The van der Waals surface area contributed by atoms with Crippen molar-refractivity contribution >= 4 is 5.91 Å². The summed E-state index contributed by atoms with van der Waals surface area (Å²) in [5.41, 5.74) is 0.288. The van der Waals surface area contributed by atoms with Crippen molar-refractivity contribution in [3.05, 3.63) is 52.6 Å². The Balaban J connectivity index is 1.85. The van der Waals surface area contributed by atoms with E-state index in [1.807, 2.05) is 0 Å². The van der Waals surface area contributed by atoms with Crippen LogP contribution in [0, 0.1) is 5.82 Å². The second kappa shape index (κ2) is 6.73. The summed E-state index contributed by atoms with van der Waals surface area (Å²) in [6, 6.07) is 9.02. The smallest absolute Gasteiger partial charge is 0.267 e. The second-order valence-corrected chi connectivity index (χ2v) is 5.64. The van der Waals surface area contributed by atoms with Crippen molar-refractivity contribution in [3.63, 3.8) is 0 Å². The number of likely N-dealkylation sites (tertiary alicyclic amines) is 1. The lowest BCUT2D eigenvalue weighted by molar-refractivity contribution is -0.133. The number of rotatable bonds is 3. The van der Waals surface area contributed by atoms with Crippen LogP contribution in [0.2, 0.25) is 0 Å². The topological polar surface area (TPSA) is 55.2 Å². The summed E-state index contributed by atoms with van der Waals surface area (Å²) in [4.78, 5) is 26.0. The number of carbonyl (C=O) groups is 1. The van der Waals surface area contributed by atoms with E-state index in [4.69, 9.17) is 0 Å². The molecule has 1 aromatic carbocycles. The minimum atomic E-state index is -0.410. The van der Waals surface area contributed by atoms with E-state index in [1.165, 1.54) is 18.2 Å². The monoisotopic (exact) mass is 315 g/mol. The second-order valence-electron chi connectivity index (χ2n) is 5.64. The normalized spacial score (nSPS) is 14.7. The number of hydrogen-bond donors (Lipinski definition) is 0. The van der Waals surface area contributed by atoms with Gasteiger partial charge in [0.2, 0.25) is 5.91 Å². The Labute approximate surface area is 133 Å². The van der Waals surface area contributed by atoms with E-state index in [0.717, 1.165) is 37.0 Å². The van der Waals surface area contributed by atoms with Crippen molar-refractivity contribution in [1.29, 1.82) is 0 Å². The Bertz CT molecular complexity index is 766. The van der Waals surface area contributed by atoms with E-state index >= 15 is 0 Å². The van der Waals surface area contributed by atoms with Gasteiger partial charge in [0.05, 0.1) is 5.69 Å². The molecule has 1 aromatic heterocycles. The molecule has 0 spiro atoms. The first-order chi connectivity index (χ1) is 11.1. The molecule has 23 heavy (non-hydrogen) atoms. The Hall–Kier alpha value is -2.50. The third-order valence-corrected chi connectivity index (χ3v) is 4.01. The summed E-state index contributed by atoms with van der Waals surface area (Å²) in [5, 5.41) is 4.15. The van der Waals surface area contributed by atoms with Gasteiger partial charge in [-0.1, -0.05) is 12.1 Å². The number of carbonyl (C=O) groups excluding carboxylic acids is 1. The average molecular weight is 315 g/mol. The third kappa shape index (κ3) is 3.47. The van der Waals surface area contributed by atoms with Crippen molar-refractivity contribution in [2.45, 2.75) is 25.8 Å². The highest BCUT2D eigenvalue weighted by Crippen LogP contribution is 2.19. The zero-order valence-corrected chi connectivity index (χ0v) is 12.7. The maximum Gasteiger partial charge on any atom is 0.267 e. The van der Waals surface area contributed by atoms with Crippen LogP contribution in [0.4, 0.5) is 4.39 Å². The molecule has 0 radical (unpaired) electrons. The Morgan fingerprint density at radius 2 is 1.83 bits per heavy atom. The molecule has 1 aliphatic rings. The summed E-state index contributed by atoms with van der Waals surface area (Å²) < 4.78 is 15.0. The van der Waals surface area contributed by atoms with E-state index in [-0.39, 0.29) is 18.0 Å². The van der Waals surface area contributed by atoms with Gasteiger partial charge in [-0.2, -0.15) is 5.10 Å². The largest absolute Gasteiger partial charge is 0.341 e. The minimum absolute atomic E-state index is 0.110. The molecule has 1 amide bonds. The van der Waals surface area contributed by atoms with Crippen molar-refractivity contribution in [3.8, 4) is 11.3 Å². The zero-order valence-electron chi connectivity index (χ0n) is 12.7. The number of aromatic nitrogens is 2. The van der Waals surface area contributed by atoms with E-state index in [1.54, 1.807) is 23.1 Å². The molecular weight excluding hydrogens is 297 g/mol. The SMILES string of the molecule is O=C(Cn1nc(-c2ccccc2F)ccc1=O)N1CCCCC1. The van der Waals surface area contributed by atoms with E-state index < -0.39 is 5.82 Å². The molecule has 2 heterocycles. The molecule has 2 aromatic rings. The summed E-state index contributed by atoms with van der Waals surface area (Å²) >= 11 is 0. The highest BCUT2D eigenvalue weighted by molar-refractivity contribution is 5.76. The molecule has 0 saturated carbocycles. The molecule has 1 fully saturated rings. The molecule has 0 bridgehead atoms. The van der Waals surface area contributed by atoms with Gasteiger partial charge in [0, 0.05) is 24.7 Å². The molecule has 120 valence electrons. The quantitative estimate of drug-likeness (QED) is 0.871. The van der Waals surface area contributed by atoms with Crippen molar-refractivity contribution in [1.82, 2.24) is 14.7 Å². The van der Waals surface area contributed by atoms with Gasteiger partial charge in [-0.15, -0.1) is 0 Å². The first kappa shape index (κ1) is 15.4. The summed E-state index contributed by atoms with van der Waals surface area (Å²) in [6.45, 7) is 1.34. The number of benzene rings is 1. The molecule has 0 unspecified atom stereocenters. The Morgan fingerprint density at radius 3 is 2.57 bits per heavy atom. The number of hydrogen-bond acceptors (Lipinski definition) is 3. The van der Waals surface area contributed by atoms with Gasteiger partial charge in [0.1, 0.15) is 12.4 Å². The summed E-state index contributed by atoms with van der Waals surface area (Å²) in [6.07, 6.45) is 3.11. The Morgan fingerprint density at radius 1 is 1.09 bits per heavy atom. The predicted octanol–water partition coefficient (Wildman–Crippen LogP) is 2.06. The molecule has 0 N–H and O–H groups in total. The van der Waals surface area contributed by atoms with Crippen molar-refractivity contribution < 1.29 is 9.18 Å². The molecule has 0 aliphatic carbocycles. The molecule has 1 saturated heterocycles. The van der Waals surface area contributed by atoms with Crippen LogP contribution in [-0.4, -0.2) is 33.7 Å². The summed E-state index contributed by atoms with van der Waals surface area (Å²) in [5.74, 6) is -0.530. The fraction of sp³-hybridized carbons (Fsp3) is 0.353. The van der Waals surface area contributed by atoms with E-state index in [0.29, 0.717) is 11.3 Å². The number of halogens is 1. The van der Waals surface area contributed by atoms with E-state index in [2.05, 4.69) is 5.10 Å². The first-order valence-electron chi connectivity index (χ1n) is 7.76. The fourth-order valence-electron chi connectivity index (χ4n) is 2.75. The highest BCUT2D eigenvalue weighted by Gasteiger charge is 2.18. The predicted molar refractivity (Wildman–Crippen MR) is 84.3 cm³/mol. The number of amides is 1. The van der Waals surface area contributed by atoms with Gasteiger partial charge in [0.25, 0.3) is 5.56 Å². The fourth-order valence-corrected chi connectivity index (χ4v) is 2.75. The molecule has 6 heteroatoms. The Kier molecular flexibility index (Phi) is 4.50. The molecule has 1 aliphatic heterocycles. The lowest BCUT2D eigenvalue weighted by Crippen LogP contribution is -2.40. The number of nitrogens with zero attached hydrogens (tertiary/aromatic N) is 3. The van der Waals surface area contributed by atoms with E-state index in [9.17, 15) is 14.0 Å². The van der Waals surface area contributed by atoms with Crippen LogP contribution in [0.25, 0.3) is 11.3 Å². The molecular formula is C17H18FN3O2. The third-order valence-electron chi connectivity index (χ3n) is 4.01. The van der Waals surface area contributed by atoms with Crippen LogP contribution in [0.1, 0.15) is 19.3 Å². The van der Waals surface area contributed by atoms with Crippen LogP contribution in [0.5, 0.6) is 0 Å². The average Bonchev–Trinajstić information content (AvgIpc) is 2.58. The maximum atomic E-state index is 13.9.